The highest BCUT2D eigenvalue weighted by Crippen LogP contribution is 2.60. The Morgan fingerprint density at radius 2 is 1.83 bits per heavy atom. The molecular formula is C17H23NO4S. The number of carbonyl (C=O) groups excluding carboxylic acids is 1. The molecule has 1 N–H and O–H groups in total. The summed E-state index contributed by atoms with van der Waals surface area (Å²) in [5, 5.41) is 2.93. The lowest BCUT2D eigenvalue weighted by Crippen LogP contribution is -2.28. The highest BCUT2D eigenvalue weighted by molar-refractivity contribution is 7.91. The first-order valence-corrected chi connectivity index (χ1v) is 9.90. The van der Waals surface area contributed by atoms with Gasteiger partial charge < -0.3 is 10.1 Å². The maximum absolute atomic E-state index is 12.4. The standard InChI is InChI=1S/C17H23NO4S/c1-12(2)22-14-5-3-13(4-6-14)18-16(19)15-11-17(15)7-9-23(20,21)10-8-17/h3-6,12,15H,7-11H2,1-2H3,(H,18,19)/t15-/m1/s1. The van der Waals surface area contributed by atoms with Crippen LogP contribution in [-0.4, -0.2) is 31.9 Å². The Hall–Kier alpha value is -1.56. The summed E-state index contributed by atoms with van der Waals surface area (Å²) in [4.78, 5) is 12.4. The normalized spacial score (nSPS) is 24.4. The minimum atomic E-state index is -2.88. The molecule has 1 saturated carbocycles. The van der Waals surface area contributed by atoms with Crippen LogP contribution in [0.4, 0.5) is 5.69 Å². The van der Waals surface area contributed by atoms with E-state index in [0.717, 1.165) is 17.9 Å². The monoisotopic (exact) mass is 337 g/mol. The number of amides is 1. The first-order chi connectivity index (χ1) is 10.8. The van der Waals surface area contributed by atoms with Crippen LogP contribution in [-0.2, 0) is 14.6 Å². The Morgan fingerprint density at radius 3 is 2.39 bits per heavy atom. The number of hydrogen-bond donors (Lipinski definition) is 1. The van der Waals surface area contributed by atoms with Crippen molar-refractivity contribution < 1.29 is 17.9 Å². The summed E-state index contributed by atoms with van der Waals surface area (Å²) in [7, 11) is -2.88. The Bertz CT molecular complexity index is 680. The SMILES string of the molecule is CC(C)Oc1ccc(NC(=O)[C@H]2CC23CCS(=O)(=O)CC3)cc1. The van der Waals surface area contributed by atoms with E-state index in [-0.39, 0.29) is 34.8 Å². The van der Waals surface area contributed by atoms with Crippen molar-refractivity contribution in [3.05, 3.63) is 24.3 Å². The van der Waals surface area contributed by atoms with Gasteiger partial charge in [0.25, 0.3) is 0 Å². The number of anilines is 1. The van der Waals surface area contributed by atoms with Gasteiger partial charge >= 0.3 is 0 Å². The zero-order chi connectivity index (χ0) is 16.7. The Labute approximate surface area is 137 Å². The highest BCUT2D eigenvalue weighted by atomic mass is 32.2. The van der Waals surface area contributed by atoms with Crippen molar-refractivity contribution in [3.63, 3.8) is 0 Å². The molecule has 1 saturated heterocycles. The summed E-state index contributed by atoms with van der Waals surface area (Å²) >= 11 is 0. The lowest BCUT2D eigenvalue weighted by atomic mass is 9.96. The highest BCUT2D eigenvalue weighted by Gasteiger charge is 2.59. The molecule has 23 heavy (non-hydrogen) atoms. The molecule has 1 spiro atoms. The molecule has 126 valence electrons. The van der Waals surface area contributed by atoms with Crippen LogP contribution in [0.2, 0.25) is 0 Å². The lowest BCUT2D eigenvalue weighted by Gasteiger charge is -2.22. The quantitative estimate of drug-likeness (QED) is 0.917. The molecule has 1 heterocycles. The number of carbonyl (C=O) groups is 1. The fourth-order valence-electron chi connectivity index (χ4n) is 3.33. The number of hydrogen-bond acceptors (Lipinski definition) is 4. The van der Waals surface area contributed by atoms with Crippen LogP contribution in [0.25, 0.3) is 0 Å². The van der Waals surface area contributed by atoms with Gasteiger partial charge in [0.05, 0.1) is 17.6 Å². The molecule has 2 aliphatic rings. The number of benzene rings is 1. The molecule has 0 unspecified atom stereocenters. The lowest BCUT2D eigenvalue weighted by molar-refractivity contribution is -0.118. The summed E-state index contributed by atoms with van der Waals surface area (Å²) in [6.07, 6.45) is 2.16. The Morgan fingerprint density at radius 1 is 1.22 bits per heavy atom. The van der Waals surface area contributed by atoms with Gasteiger partial charge in [-0.05, 0) is 62.8 Å². The van der Waals surface area contributed by atoms with Crippen molar-refractivity contribution in [3.8, 4) is 5.75 Å². The first-order valence-electron chi connectivity index (χ1n) is 8.08. The maximum atomic E-state index is 12.4. The smallest absolute Gasteiger partial charge is 0.228 e. The average molecular weight is 337 g/mol. The van der Waals surface area contributed by atoms with Gasteiger partial charge in [0, 0.05) is 11.6 Å². The van der Waals surface area contributed by atoms with E-state index in [0.29, 0.717) is 12.8 Å². The van der Waals surface area contributed by atoms with Crippen molar-refractivity contribution in [2.45, 2.75) is 39.2 Å². The van der Waals surface area contributed by atoms with E-state index in [4.69, 9.17) is 4.74 Å². The molecule has 5 nitrogen and oxygen atoms in total. The van der Waals surface area contributed by atoms with E-state index in [1.807, 2.05) is 38.1 Å². The summed E-state index contributed by atoms with van der Waals surface area (Å²) in [5.41, 5.74) is 0.674. The molecule has 1 atom stereocenters. The fraction of sp³-hybridized carbons (Fsp3) is 0.588. The Balaban J connectivity index is 1.56. The number of ether oxygens (including phenoxy) is 1. The third-order valence-electron chi connectivity index (χ3n) is 4.82. The molecule has 2 fully saturated rings. The van der Waals surface area contributed by atoms with Crippen LogP contribution in [0.5, 0.6) is 5.75 Å². The van der Waals surface area contributed by atoms with Crippen LogP contribution < -0.4 is 10.1 Å². The van der Waals surface area contributed by atoms with Crippen LogP contribution in [0.1, 0.15) is 33.1 Å². The van der Waals surface area contributed by atoms with Gasteiger partial charge in [0.1, 0.15) is 15.6 Å². The topological polar surface area (TPSA) is 72.5 Å². The first kappa shape index (κ1) is 16.3. The van der Waals surface area contributed by atoms with E-state index < -0.39 is 9.84 Å². The van der Waals surface area contributed by atoms with Crippen molar-refractivity contribution >= 4 is 21.4 Å². The van der Waals surface area contributed by atoms with Crippen LogP contribution >= 0.6 is 0 Å². The molecule has 1 amide bonds. The third-order valence-corrected chi connectivity index (χ3v) is 6.47. The van der Waals surface area contributed by atoms with Crippen molar-refractivity contribution in [1.29, 1.82) is 0 Å². The van der Waals surface area contributed by atoms with Crippen LogP contribution in [0.3, 0.4) is 0 Å². The molecule has 1 aromatic rings. The van der Waals surface area contributed by atoms with Gasteiger partial charge in [-0.25, -0.2) is 8.42 Å². The zero-order valence-corrected chi connectivity index (χ0v) is 14.4. The summed E-state index contributed by atoms with van der Waals surface area (Å²) in [6, 6.07) is 7.34. The minimum absolute atomic E-state index is 0.00169. The van der Waals surface area contributed by atoms with E-state index >= 15 is 0 Å². The van der Waals surface area contributed by atoms with Gasteiger partial charge in [0.2, 0.25) is 5.91 Å². The van der Waals surface area contributed by atoms with Crippen LogP contribution in [0, 0.1) is 11.3 Å². The summed E-state index contributed by atoms with van der Waals surface area (Å²) in [6.45, 7) is 3.93. The second-order valence-corrected chi connectivity index (χ2v) is 9.25. The van der Waals surface area contributed by atoms with E-state index in [1.54, 1.807) is 0 Å². The Kier molecular flexibility index (Phi) is 4.12. The van der Waals surface area contributed by atoms with Gasteiger partial charge in [-0.3, -0.25) is 4.79 Å². The molecule has 1 aliphatic carbocycles. The van der Waals surface area contributed by atoms with E-state index in [2.05, 4.69) is 5.32 Å². The second-order valence-electron chi connectivity index (χ2n) is 6.95. The van der Waals surface area contributed by atoms with Gasteiger partial charge in [-0.1, -0.05) is 0 Å². The largest absolute Gasteiger partial charge is 0.491 e. The molecule has 1 aromatic carbocycles. The molecule has 3 rings (SSSR count). The number of rotatable bonds is 4. The van der Waals surface area contributed by atoms with Crippen molar-refractivity contribution in [2.24, 2.45) is 11.3 Å². The van der Waals surface area contributed by atoms with Gasteiger partial charge in [-0.2, -0.15) is 0 Å². The van der Waals surface area contributed by atoms with Gasteiger partial charge in [0.15, 0.2) is 0 Å². The predicted molar refractivity (Wildman–Crippen MR) is 89.3 cm³/mol. The van der Waals surface area contributed by atoms with Crippen LogP contribution in [0.15, 0.2) is 24.3 Å². The maximum Gasteiger partial charge on any atom is 0.228 e. The molecule has 1 aliphatic heterocycles. The third kappa shape index (κ3) is 3.68. The van der Waals surface area contributed by atoms with E-state index in [9.17, 15) is 13.2 Å². The molecule has 0 bridgehead atoms. The van der Waals surface area contributed by atoms with Gasteiger partial charge in [-0.15, -0.1) is 0 Å². The summed E-state index contributed by atoms with van der Waals surface area (Å²) < 4.78 is 28.6. The minimum Gasteiger partial charge on any atom is -0.491 e. The average Bonchev–Trinajstić information content (AvgIpc) is 3.19. The second kappa shape index (κ2) is 5.82. The predicted octanol–water partition coefficient (Wildman–Crippen LogP) is 2.63. The molecule has 6 heteroatoms. The van der Waals surface area contributed by atoms with E-state index in [1.165, 1.54) is 0 Å². The van der Waals surface area contributed by atoms with Crippen molar-refractivity contribution in [1.82, 2.24) is 0 Å². The fourth-order valence-corrected chi connectivity index (χ4v) is 4.97. The zero-order valence-electron chi connectivity index (χ0n) is 13.5. The number of nitrogens with one attached hydrogen (secondary N) is 1. The molecular weight excluding hydrogens is 314 g/mol. The molecule has 0 aromatic heterocycles. The molecule has 0 radical (unpaired) electrons. The van der Waals surface area contributed by atoms with Crippen molar-refractivity contribution in [2.75, 3.05) is 16.8 Å². The number of sulfone groups is 1. The summed E-state index contributed by atoms with van der Waals surface area (Å²) in [5.74, 6) is 1.17.